The van der Waals surface area contributed by atoms with Crippen LogP contribution < -0.4 is 14.8 Å². The predicted octanol–water partition coefficient (Wildman–Crippen LogP) is 5.57. The van der Waals surface area contributed by atoms with Crippen LogP contribution in [0.2, 0.25) is 0 Å². The Morgan fingerprint density at radius 1 is 0.963 bits per heavy atom. The average molecular weight is 370 g/mol. The fourth-order valence-electron chi connectivity index (χ4n) is 2.59. The minimum absolute atomic E-state index is 0.0146. The van der Waals surface area contributed by atoms with Gasteiger partial charge in [0.05, 0.1) is 12.7 Å². The topological polar surface area (TPSA) is 47.6 Å². The van der Waals surface area contributed by atoms with Gasteiger partial charge in [-0.1, -0.05) is 32.9 Å². The third-order valence-electron chi connectivity index (χ3n) is 4.05. The smallest absolute Gasteiger partial charge is 0.224 e. The number of carbonyl (C=O) groups is 1. The van der Waals surface area contributed by atoms with Gasteiger partial charge in [0, 0.05) is 12.1 Å². The molecule has 27 heavy (non-hydrogen) atoms. The van der Waals surface area contributed by atoms with Gasteiger partial charge in [0.15, 0.2) is 0 Å². The van der Waals surface area contributed by atoms with E-state index in [9.17, 15) is 4.79 Å². The van der Waals surface area contributed by atoms with Crippen LogP contribution in [0.1, 0.15) is 53.0 Å². The molecule has 0 aliphatic heterocycles. The van der Waals surface area contributed by atoms with Crippen LogP contribution in [0.5, 0.6) is 11.5 Å². The molecule has 0 fully saturated rings. The highest BCUT2D eigenvalue weighted by Crippen LogP contribution is 2.24. The van der Waals surface area contributed by atoms with E-state index in [1.54, 1.807) is 0 Å². The van der Waals surface area contributed by atoms with E-state index in [4.69, 9.17) is 9.47 Å². The van der Waals surface area contributed by atoms with Gasteiger partial charge >= 0.3 is 0 Å². The third-order valence-corrected chi connectivity index (χ3v) is 4.05. The first-order valence-corrected chi connectivity index (χ1v) is 9.54. The molecule has 0 atom stereocenters. The second-order valence-electron chi connectivity index (χ2n) is 7.97. The second-order valence-corrected chi connectivity index (χ2v) is 7.97. The van der Waals surface area contributed by atoms with Crippen molar-refractivity contribution in [1.29, 1.82) is 0 Å². The molecule has 1 amide bonds. The molecule has 0 heterocycles. The number of hydrogen-bond acceptors (Lipinski definition) is 3. The van der Waals surface area contributed by atoms with Gasteiger partial charge in [-0.3, -0.25) is 4.79 Å². The van der Waals surface area contributed by atoms with Crippen molar-refractivity contribution in [3.8, 4) is 11.5 Å². The molecule has 0 aliphatic rings. The number of nitrogens with one attached hydrogen (secondary N) is 1. The number of ether oxygens (including phenoxy) is 2. The standard InChI is InChI=1S/C23H31NO3/c1-17(2)27-21-14-10-19(11-15-21)24-22(25)7-6-16-26-20-12-8-18(9-13-20)23(3,4)5/h8-15,17H,6-7,16H2,1-5H3,(H,24,25). The average Bonchev–Trinajstić information content (AvgIpc) is 2.60. The summed E-state index contributed by atoms with van der Waals surface area (Å²) in [5.74, 6) is 1.62. The maximum atomic E-state index is 12.0. The van der Waals surface area contributed by atoms with Crippen LogP contribution in [-0.4, -0.2) is 18.6 Å². The van der Waals surface area contributed by atoms with E-state index in [-0.39, 0.29) is 17.4 Å². The zero-order valence-corrected chi connectivity index (χ0v) is 17.0. The normalized spacial score (nSPS) is 11.3. The van der Waals surface area contributed by atoms with Crippen molar-refractivity contribution in [2.75, 3.05) is 11.9 Å². The summed E-state index contributed by atoms with van der Waals surface area (Å²) in [5.41, 5.74) is 2.18. The minimum Gasteiger partial charge on any atom is -0.494 e. The van der Waals surface area contributed by atoms with E-state index in [2.05, 4.69) is 38.2 Å². The lowest BCUT2D eigenvalue weighted by Crippen LogP contribution is -2.13. The van der Waals surface area contributed by atoms with Crippen molar-refractivity contribution in [2.24, 2.45) is 0 Å². The number of hydrogen-bond donors (Lipinski definition) is 1. The lowest BCUT2D eigenvalue weighted by molar-refractivity contribution is -0.116. The number of amides is 1. The summed E-state index contributed by atoms with van der Waals surface area (Å²) < 4.78 is 11.3. The Labute approximate surface area is 162 Å². The molecule has 0 saturated heterocycles. The van der Waals surface area contributed by atoms with Crippen molar-refractivity contribution in [3.05, 3.63) is 54.1 Å². The van der Waals surface area contributed by atoms with E-state index in [0.717, 1.165) is 17.2 Å². The summed E-state index contributed by atoms with van der Waals surface area (Å²) in [5, 5.41) is 2.90. The largest absolute Gasteiger partial charge is 0.494 e. The first-order valence-electron chi connectivity index (χ1n) is 9.54. The summed E-state index contributed by atoms with van der Waals surface area (Å²) in [6, 6.07) is 15.6. The summed E-state index contributed by atoms with van der Waals surface area (Å²) in [4.78, 5) is 12.0. The molecular formula is C23H31NO3. The highest BCUT2D eigenvalue weighted by molar-refractivity contribution is 5.90. The van der Waals surface area contributed by atoms with Crippen LogP contribution in [0.4, 0.5) is 5.69 Å². The van der Waals surface area contributed by atoms with Crippen molar-refractivity contribution in [1.82, 2.24) is 0 Å². The van der Waals surface area contributed by atoms with Gasteiger partial charge in [-0.2, -0.15) is 0 Å². The molecule has 146 valence electrons. The van der Waals surface area contributed by atoms with E-state index < -0.39 is 0 Å². The Morgan fingerprint density at radius 3 is 2.11 bits per heavy atom. The van der Waals surface area contributed by atoms with Gasteiger partial charge in [0.1, 0.15) is 11.5 Å². The Balaban J connectivity index is 1.70. The monoisotopic (exact) mass is 369 g/mol. The number of carbonyl (C=O) groups excluding carboxylic acids is 1. The lowest BCUT2D eigenvalue weighted by Gasteiger charge is -2.19. The Hall–Kier alpha value is -2.49. The Morgan fingerprint density at radius 2 is 1.56 bits per heavy atom. The molecule has 4 nitrogen and oxygen atoms in total. The highest BCUT2D eigenvalue weighted by Gasteiger charge is 2.13. The summed E-state index contributed by atoms with van der Waals surface area (Å²) in [6.07, 6.45) is 1.22. The van der Waals surface area contributed by atoms with Crippen LogP contribution in [0.15, 0.2) is 48.5 Å². The van der Waals surface area contributed by atoms with Crippen molar-refractivity contribution < 1.29 is 14.3 Å². The second kappa shape index (κ2) is 9.45. The van der Waals surface area contributed by atoms with Crippen LogP contribution in [0.25, 0.3) is 0 Å². The molecule has 0 unspecified atom stereocenters. The molecule has 2 aromatic carbocycles. The van der Waals surface area contributed by atoms with Crippen molar-refractivity contribution in [3.63, 3.8) is 0 Å². The SMILES string of the molecule is CC(C)Oc1ccc(NC(=O)CCCOc2ccc(C(C)(C)C)cc2)cc1. The first-order chi connectivity index (χ1) is 12.7. The summed E-state index contributed by atoms with van der Waals surface area (Å²) in [7, 11) is 0. The highest BCUT2D eigenvalue weighted by atomic mass is 16.5. The van der Waals surface area contributed by atoms with Crippen LogP contribution >= 0.6 is 0 Å². The number of benzene rings is 2. The van der Waals surface area contributed by atoms with Crippen LogP contribution in [-0.2, 0) is 10.2 Å². The molecule has 0 radical (unpaired) electrons. The zero-order valence-electron chi connectivity index (χ0n) is 17.0. The van der Waals surface area contributed by atoms with Gasteiger partial charge in [0.2, 0.25) is 5.91 Å². The van der Waals surface area contributed by atoms with E-state index in [0.29, 0.717) is 19.4 Å². The molecule has 2 aromatic rings. The zero-order chi connectivity index (χ0) is 19.9. The molecule has 0 aliphatic carbocycles. The fourth-order valence-corrected chi connectivity index (χ4v) is 2.59. The number of rotatable bonds is 8. The maximum Gasteiger partial charge on any atom is 0.224 e. The molecule has 0 bridgehead atoms. The molecular weight excluding hydrogens is 338 g/mol. The molecule has 0 aromatic heterocycles. The van der Waals surface area contributed by atoms with Gasteiger partial charge in [0.25, 0.3) is 0 Å². The Bertz CT molecular complexity index is 713. The molecule has 0 saturated carbocycles. The van der Waals surface area contributed by atoms with Gasteiger partial charge < -0.3 is 14.8 Å². The van der Waals surface area contributed by atoms with E-state index in [1.807, 2.05) is 50.2 Å². The van der Waals surface area contributed by atoms with Crippen LogP contribution in [0, 0.1) is 0 Å². The summed E-state index contributed by atoms with van der Waals surface area (Å²) >= 11 is 0. The molecule has 2 rings (SSSR count). The molecule has 4 heteroatoms. The van der Waals surface area contributed by atoms with E-state index >= 15 is 0 Å². The van der Waals surface area contributed by atoms with Crippen molar-refractivity contribution in [2.45, 2.75) is 59.0 Å². The first kappa shape index (κ1) is 20.8. The van der Waals surface area contributed by atoms with Crippen molar-refractivity contribution >= 4 is 11.6 Å². The van der Waals surface area contributed by atoms with Gasteiger partial charge in [-0.15, -0.1) is 0 Å². The lowest BCUT2D eigenvalue weighted by atomic mass is 9.87. The quantitative estimate of drug-likeness (QED) is 0.619. The van der Waals surface area contributed by atoms with E-state index in [1.165, 1.54) is 5.56 Å². The maximum absolute atomic E-state index is 12.0. The van der Waals surface area contributed by atoms with Crippen LogP contribution in [0.3, 0.4) is 0 Å². The summed E-state index contributed by atoms with van der Waals surface area (Å²) in [6.45, 7) is 11.0. The number of anilines is 1. The fraction of sp³-hybridized carbons (Fsp3) is 0.435. The Kier molecular flexibility index (Phi) is 7.28. The predicted molar refractivity (Wildman–Crippen MR) is 111 cm³/mol. The minimum atomic E-state index is -0.0146. The van der Waals surface area contributed by atoms with Gasteiger partial charge in [-0.25, -0.2) is 0 Å². The molecule has 0 spiro atoms. The van der Waals surface area contributed by atoms with Gasteiger partial charge in [-0.05, 0) is 67.6 Å². The third kappa shape index (κ3) is 7.33. The molecule has 1 N–H and O–H groups in total.